The van der Waals surface area contributed by atoms with Gasteiger partial charge >= 0.3 is 0 Å². The van der Waals surface area contributed by atoms with E-state index >= 15 is 0 Å². The van der Waals surface area contributed by atoms with Gasteiger partial charge < -0.3 is 4.90 Å². The van der Waals surface area contributed by atoms with E-state index in [0.717, 1.165) is 40.2 Å². The molecule has 3 aromatic rings. The van der Waals surface area contributed by atoms with Crippen LogP contribution in [-0.4, -0.2) is 34.5 Å². The molecule has 0 saturated heterocycles. The fraction of sp³-hybridized carbons (Fsp3) is 0.435. The zero-order valence-corrected chi connectivity index (χ0v) is 19.5. The second-order valence-corrected chi connectivity index (χ2v) is 10.2. The molecule has 7 heteroatoms. The van der Waals surface area contributed by atoms with Gasteiger partial charge in [0, 0.05) is 36.8 Å². The molecule has 5 nitrogen and oxygen atoms in total. The molecule has 4 rings (SSSR count). The van der Waals surface area contributed by atoms with Gasteiger partial charge in [-0.25, -0.2) is 4.98 Å². The fourth-order valence-electron chi connectivity index (χ4n) is 3.94. The van der Waals surface area contributed by atoms with E-state index < -0.39 is 0 Å². The number of thioether (sulfide) groups is 1. The minimum absolute atomic E-state index is 0.00266. The van der Waals surface area contributed by atoms with E-state index in [-0.39, 0.29) is 11.5 Å². The zero-order chi connectivity index (χ0) is 21.4. The Labute approximate surface area is 185 Å². The van der Waals surface area contributed by atoms with Crippen LogP contribution in [-0.2, 0) is 25.1 Å². The number of nitrogens with zero attached hydrogens (tertiary/aromatic N) is 3. The van der Waals surface area contributed by atoms with Crippen molar-refractivity contribution in [2.75, 3.05) is 14.1 Å². The summed E-state index contributed by atoms with van der Waals surface area (Å²) in [6, 6.07) is 7.66. The number of fused-ring (bicyclic) bond motifs is 3. The van der Waals surface area contributed by atoms with Gasteiger partial charge in [-0.2, -0.15) is 0 Å². The molecule has 0 bridgehead atoms. The monoisotopic (exact) mass is 441 g/mol. The molecule has 1 aromatic carbocycles. The molecule has 0 radical (unpaired) electrons. The summed E-state index contributed by atoms with van der Waals surface area (Å²) in [4.78, 5) is 34.0. The van der Waals surface area contributed by atoms with Crippen LogP contribution in [0.1, 0.15) is 46.6 Å². The Morgan fingerprint density at radius 3 is 2.70 bits per heavy atom. The molecule has 2 aromatic heterocycles. The Bertz CT molecular complexity index is 1150. The third-order valence-corrected chi connectivity index (χ3v) is 7.87. The van der Waals surface area contributed by atoms with E-state index in [4.69, 9.17) is 4.98 Å². The van der Waals surface area contributed by atoms with E-state index in [9.17, 15) is 9.59 Å². The van der Waals surface area contributed by atoms with Crippen LogP contribution >= 0.6 is 23.1 Å². The van der Waals surface area contributed by atoms with Crippen LogP contribution in [0.5, 0.6) is 0 Å². The summed E-state index contributed by atoms with van der Waals surface area (Å²) in [6.07, 6.45) is 3.19. The topological polar surface area (TPSA) is 55.2 Å². The second kappa shape index (κ2) is 8.55. The number of aromatic nitrogens is 2. The van der Waals surface area contributed by atoms with Crippen molar-refractivity contribution in [2.24, 2.45) is 5.92 Å². The first kappa shape index (κ1) is 21.1. The largest absolute Gasteiger partial charge is 0.345 e. The molecule has 0 spiro atoms. The quantitative estimate of drug-likeness (QED) is 0.429. The highest BCUT2D eigenvalue weighted by molar-refractivity contribution is 7.98. The smallest absolute Gasteiger partial charge is 0.263 e. The molecular weight excluding hydrogens is 414 g/mol. The number of rotatable bonds is 5. The summed E-state index contributed by atoms with van der Waals surface area (Å²) in [6.45, 7) is 4.90. The second-order valence-electron chi connectivity index (χ2n) is 8.16. The number of carbonyl (C=O) groups is 1. The van der Waals surface area contributed by atoms with Gasteiger partial charge in [0.25, 0.3) is 11.5 Å². The Hall–Kier alpha value is -2.12. The van der Waals surface area contributed by atoms with Crippen molar-refractivity contribution in [3.05, 3.63) is 56.2 Å². The Balaban J connectivity index is 1.61. The number of carbonyl (C=O) groups excluding carboxylic acids is 1. The van der Waals surface area contributed by atoms with Crippen molar-refractivity contribution in [3.63, 3.8) is 0 Å². The average Bonchev–Trinajstić information content (AvgIpc) is 3.09. The average molecular weight is 442 g/mol. The molecule has 158 valence electrons. The molecule has 0 fully saturated rings. The number of amides is 1. The first-order chi connectivity index (χ1) is 14.4. The van der Waals surface area contributed by atoms with E-state index in [2.05, 4.69) is 6.92 Å². The normalized spacial score (nSPS) is 15.9. The summed E-state index contributed by atoms with van der Waals surface area (Å²) in [7, 11) is 3.50. The molecule has 0 N–H and O–H groups in total. The summed E-state index contributed by atoms with van der Waals surface area (Å²) < 4.78 is 1.81. The van der Waals surface area contributed by atoms with Crippen LogP contribution in [0.3, 0.4) is 0 Å². The third-order valence-electron chi connectivity index (χ3n) is 5.67. The van der Waals surface area contributed by atoms with Crippen LogP contribution in [0.2, 0.25) is 0 Å². The molecule has 1 aliphatic carbocycles. The molecule has 1 unspecified atom stereocenters. The number of benzene rings is 1. The maximum atomic E-state index is 13.3. The van der Waals surface area contributed by atoms with Crippen molar-refractivity contribution in [2.45, 2.75) is 50.6 Å². The SMILES string of the molecule is CCn1c(SCc2ccc(C(=O)N(C)C)cc2)nc2sc3c(c2c1=O)CCC(C)C3. The molecule has 1 aliphatic rings. The summed E-state index contributed by atoms with van der Waals surface area (Å²) in [5.74, 6) is 1.38. The number of aryl methyl sites for hydroxylation is 1. The lowest BCUT2D eigenvalue weighted by Gasteiger charge is -2.17. The Morgan fingerprint density at radius 1 is 1.30 bits per heavy atom. The van der Waals surface area contributed by atoms with Crippen LogP contribution in [0.25, 0.3) is 10.2 Å². The summed E-state index contributed by atoms with van der Waals surface area (Å²) >= 11 is 3.28. The minimum atomic E-state index is -0.00266. The highest BCUT2D eigenvalue weighted by Crippen LogP contribution is 2.36. The maximum absolute atomic E-state index is 13.3. The molecular formula is C23H27N3O2S2. The van der Waals surface area contributed by atoms with Gasteiger partial charge in [-0.15, -0.1) is 11.3 Å². The van der Waals surface area contributed by atoms with Crippen molar-refractivity contribution < 1.29 is 4.79 Å². The van der Waals surface area contributed by atoms with E-state index in [1.807, 2.05) is 35.8 Å². The lowest BCUT2D eigenvalue weighted by molar-refractivity contribution is 0.0827. The van der Waals surface area contributed by atoms with E-state index in [1.165, 1.54) is 10.4 Å². The predicted octanol–water partition coefficient (Wildman–Crippen LogP) is 4.60. The first-order valence-electron chi connectivity index (χ1n) is 10.4. The van der Waals surface area contributed by atoms with Gasteiger partial charge in [-0.3, -0.25) is 14.2 Å². The van der Waals surface area contributed by atoms with Gasteiger partial charge in [0.15, 0.2) is 5.16 Å². The van der Waals surface area contributed by atoms with Gasteiger partial charge in [-0.05, 0) is 55.4 Å². The zero-order valence-electron chi connectivity index (χ0n) is 17.9. The van der Waals surface area contributed by atoms with Crippen LogP contribution in [0.15, 0.2) is 34.2 Å². The first-order valence-corrected chi connectivity index (χ1v) is 12.2. The van der Waals surface area contributed by atoms with Crippen LogP contribution < -0.4 is 5.56 Å². The van der Waals surface area contributed by atoms with E-state index in [0.29, 0.717) is 23.8 Å². The molecule has 1 atom stereocenters. The van der Waals surface area contributed by atoms with Crippen molar-refractivity contribution in [1.29, 1.82) is 0 Å². The van der Waals surface area contributed by atoms with Crippen LogP contribution in [0.4, 0.5) is 0 Å². The van der Waals surface area contributed by atoms with Crippen molar-refractivity contribution in [1.82, 2.24) is 14.5 Å². The lowest BCUT2D eigenvalue weighted by Crippen LogP contribution is -2.23. The van der Waals surface area contributed by atoms with Gasteiger partial charge in [-0.1, -0.05) is 30.8 Å². The number of hydrogen-bond acceptors (Lipinski definition) is 5. The van der Waals surface area contributed by atoms with Crippen LogP contribution in [0, 0.1) is 5.92 Å². The lowest BCUT2D eigenvalue weighted by atomic mass is 9.89. The highest BCUT2D eigenvalue weighted by Gasteiger charge is 2.24. The predicted molar refractivity (Wildman–Crippen MR) is 125 cm³/mol. The molecule has 1 amide bonds. The molecule has 2 heterocycles. The summed E-state index contributed by atoms with van der Waals surface area (Å²) in [5.41, 5.74) is 3.12. The number of thiophene rings is 1. The van der Waals surface area contributed by atoms with Gasteiger partial charge in [0.2, 0.25) is 0 Å². The maximum Gasteiger partial charge on any atom is 0.263 e. The third kappa shape index (κ3) is 3.93. The number of hydrogen-bond donors (Lipinski definition) is 0. The fourth-order valence-corrected chi connectivity index (χ4v) is 6.39. The molecule has 30 heavy (non-hydrogen) atoms. The standard InChI is InChI=1S/C23H27N3O2S2/c1-5-26-22(28)19-17-11-6-14(2)12-18(17)30-20(19)24-23(26)29-13-15-7-9-16(10-8-15)21(27)25(3)4/h7-10,14H,5-6,11-13H2,1-4H3. The molecule has 0 saturated carbocycles. The Kier molecular flexibility index (Phi) is 6.02. The minimum Gasteiger partial charge on any atom is -0.345 e. The van der Waals surface area contributed by atoms with Gasteiger partial charge in [0.05, 0.1) is 5.39 Å². The summed E-state index contributed by atoms with van der Waals surface area (Å²) in [5, 5.41) is 1.62. The van der Waals surface area contributed by atoms with Crippen molar-refractivity contribution >= 4 is 39.2 Å². The van der Waals surface area contributed by atoms with E-state index in [1.54, 1.807) is 42.1 Å². The highest BCUT2D eigenvalue weighted by atomic mass is 32.2. The van der Waals surface area contributed by atoms with Crippen molar-refractivity contribution in [3.8, 4) is 0 Å². The molecule has 0 aliphatic heterocycles. The van der Waals surface area contributed by atoms with Gasteiger partial charge in [0.1, 0.15) is 4.83 Å². The Morgan fingerprint density at radius 2 is 2.03 bits per heavy atom.